The van der Waals surface area contributed by atoms with E-state index in [0.29, 0.717) is 6.42 Å². The van der Waals surface area contributed by atoms with E-state index < -0.39 is 24.5 Å². The van der Waals surface area contributed by atoms with Crippen LogP contribution in [0, 0.1) is 0 Å². The third-order valence-electron chi connectivity index (χ3n) is 5.98. The number of carbonyl (C=O) groups excluding carboxylic acids is 4. The average molecular weight is 485 g/mol. The summed E-state index contributed by atoms with van der Waals surface area (Å²) in [6.45, 7) is 1.18. The molecule has 0 aliphatic carbocycles. The van der Waals surface area contributed by atoms with Crippen molar-refractivity contribution in [3.8, 4) is 0 Å². The van der Waals surface area contributed by atoms with Crippen molar-refractivity contribution < 1.29 is 24.3 Å². The average Bonchev–Trinajstić information content (AvgIpc) is 2.84. The second-order valence-corrected chi connectivity index (χ2v) is 8.86. The van der Waals surface area contributed by atoms with Crippen LogP contribution in [0.4, 0.5) is 0 Å². The summed E-state index contributed by atoms with van der Waals surface area (Å²) in [7, 11) is 2.93. The summed E-state index contributed by atoms with van der Waals surface area (Å²) in [6, 6.07) is -1.05. The van der Waals surface area contributed by atoms with E-state index in [9.17, 15) is 24.3 Å². The molecular formula is C25H48N4O5. The Bertz CT molecular complexity index is 586. The number of nitrogens with zero attached hydrogens (tertiary/aromatic N) is 1. The quantitative estimate of drug-likeness (QED) is 0.186. The summed E-state index contributed by atoms with van der Waals surface area (Å²) in [5.74, 6) is -1.71. The second-order valence-electron chi connectivity index (χ2n) is 8.86. The Morgan fingerprint density at radius 1 is 0.735 bits per heavy atom. The van der Waals surface area contributed by atoms with Gasteiger partial charge in [0.2, 0.25) is 23.6 Å². The van der Waals surface area contributed by atoms with Crippen LogP contribution >= 0.6 is 0 Å². The SMILES string of the molecule is CCCCCCCCCCCCCCCC(=O)N(C)[C@H](CO)C(=O)NCC(=O)NCC(=O)NC. The number of hydrogen-bond acceptors (Lipinski definition) is 5. The minimum absolute atomic E-state index is 0.188. The van der Waals surface area contributed by atoms with Crippen LogP contribution in [-0.2, 0) is 19.2 Å². The molecule has 0 saturated carbocycles. The van der Waals surface area contributed by atoms with Gasteiger partial charge in [0.05, 0.1) is 19.7 Å². The molecule has 0 unspecified atom stereocenters. The zero-order valence-electron chi connectivity index (χ0n) is 21.6. The van der Waals surface area contributed by atoms with Gasteiger partial charge in [-0.3, -0.25) is 19.2 Å². The number of aliphatic hydroxyl groups is 1. The van der Waals surface area contributed by atoms with Gasteiger partial charge in [-0.1, -0.05) is 84.0 Å². The van der Waals surface area contributed by atoms with Gasteiger partial charge in [-0.2, -0.15) is 0 Å². The van der Waals surface area contributed by atoms with E-state index in [2.05, 4.69) is 22.9 Å². The predicted octanol–water partition coefficient (Wildman–Crippen LogP) is 2.27. The van der Waals surface area contributed by atoms with Crippen molar-refractivity contribution >= 4 is 23.6 Å². The molecule has 0 heterocycles. The summed E-state index contributed by atoms with van der Waals surface area (Å²) < 4.78 is 0. The van der Waals surface area contributed by atoms with Gasteiger partial charge in [0.1, 0.15) is 6.04 Å². The minimum Gasteiger partial charge on any atom is -0.394 e. The molecule has 0 aromatic heterocycles. The molecule has 34 heavy (non-hydrogen) atoms. The van der Waals surface area contributed by atoms with Crippen LogP contribution in [0.3, 0.4) is 0 Å². The number of aliphatic hydroxyl groups excluding tert-OH is 1. The van der Waals surface area contributed by atoms with Gasteiger partial charge in [0.25, 0.3) is 0 Å². The maximum atomic E-state index is 12.4. The van der Waals surface area contributed by atoms with Gasteiger partial charge in [-0.25, -0.2) is 0 Å². The normalized spacial score (nSPS) is 11.5. The first-order chi connectivity index (χ1) is 16.4. The largest absolute Gasteiger partial charge is 0.394 e. The lowest BCUT2D eigenvalue weighted by Gasteiger charge is -2.25. The standard InChI is InChI=1S/C25H48N4O5/c1-4-5-6-7-8-9-10-11-12-13-14-15-16-17-24(33)29(3)21(20-30)25(34)28-19-23(32)27-18-22(31)26-2/h21,30H,4-20H2,1-3H3,(H,26,31)(H,27,32)(H,28,34)/t21-/m1/s1. The summed E-state index contributed by atoms with van der Waals surface area (Å²) in [5.41, 5.74) is 0. The van der Waals surface area contributed by atoms with E-state index in [4.69, 9.17) is 0 Å². The van der Waals surface area contributed by atoms with E-state index in [1.165, 1.54) is 83.2 Å². The number of likely N-dealkylation sites (N-methyl/N-ethyl adjacent to an activating group) is 2. The fraction of sp³-hybridized carbons (Fsp3) is 0.840. The van der Waals surface area contributed by atoms with E-state index in [1.807, 2.05) is 0 Å². The number of hydrogen-bond donors (Lipinski definition) is 4. The van der Waals surface area contributed by atoms with Gasteiger partial charge in [-0.05, 0) is 6.42 Å². The molecule has 9 heteroatoms. The van der Waals surface area contributed by atoms with Gasteiger partial charge in [0.15, 0.2) is 0 Å². The molecule has 198 valence electrons. The molecule has 4 amide bonds. The highest BCUT2D eigenvalue weighted by atomic mass is 16.3. The third-order valence-corrected chi connectivity index (χ3v) is 5.98. The lowest BCUT2D eigenvalue weighted by molar-refractivity contribution is -0.140. The van der Waals surface area contributed by atoms with Crippen LogP contribution in [0.1, 0.15) is 96.8 Å². The zero-order valence-corrected chi connectivity index (χ0v) is 21.6. The Kier molecular flexibility index (Phi) is 20.0. The molecular weight excluding hydrogens is 436 g/mol. The number of amides is 4. The Morgan fingerprint density at radius 3 is 1.68 bits per heavy atom. The van der Waals surface area contributed by atoms with Crippen LogP contribution in [0.25, 0.3) is 0 Å². The van der Waals surface area contributed by atoms with Gasteiger partial charge in [-0.15, -0.1) is 0 Å². The maximum Gasteiger partial charge on any atom is 0.245 e. The number of unbranched alkanes of at least 4 members (excludes halogenated alkanes) is 12. The molecule has 0 bridgehead atoms. The fourth-order valence-electron chi connectivity index (χ4n) is 3.64. The van der Waals surface area contributed by atoms with Crippen LogP contribution in [0.15, 0.2) is 0 Å². The van der Waals surface area contributed by atoms with Crippen molar-refractivity contribution in [1.29, 1.82) is 0 Å². The predicted molar refractivity (Wildman–Crippen MR) is 134 cm³/mol. The molecule has 0 radical (unpaired) electrons. The smallest absolute Gasteiger partial charge is 0.245 e. The first-order valence-electron chi connectivity index (χ1n) is 13.0. The van der Waals surface area contributed by atoms with Crippen molar-refractivity contribution in [2.45, 2.75) is 103 Å². The highest BCUT2D eigenvalue weighted by molar-refractivity contribution is 5.91. The molecule has 4 N–H and O–H groups in total. The lowest BCUT2D eigenvalue weighted by Crippen LogP contribution is -2.51. The van der Waals surface area contributed by atoms with Crippen LogP contribution in [0.5, 0.6) is 0 Å². The van der Waals surface area contributed by atoms with Crippen LogP contribution in [0.2, 0.25) is 0 Å². The monoisotopic (exact) mass is 484 g/mol. The third kappa shape index (κ3) is 16.5. The molecule has 0 aliphatic rings. The van der Waals surface area contributed by atoms with Crippen molar-refractivity contribution in [3.05, 3.63) is 0 Å². The van der Waals surface area contributed by atoms with E-state index in [0.717, 1.165) is 19.3 Å². The Morgan fingerprint density at radius 2 is 1.21 bits per heavy atom. The highest BCUT2D eigenvalue weighted by Crippen LogP contribution is 2.13. The van der Waals surface area contributed by atoms with Crippen molar-refractivity contribution in [2.75, 3.05) is 33.8 Å². The minimum atomic E-state index is -1.05. The summed E-state index contributed by atoms with van der Waals surface area (Å²) in [4.78, 5) is 48.7. The van der Waals surface area contributed by atoms with E-state index >= 15 is 0 Å². The molecule has 0 saturated heterocycles. The molecule has 0 aromatic rings. The summed E-state index contributed by atoms with van der Waals surface area (Å²) in [5, 5.41) is 16.7. The molecule has 0 rings (SSSR count). The first kappa shape index (κ1) is 31.8. The maximum absolute atomic E-state index is 12.4. The van der Waals surface area contributed by atoms with Gasteiger partial charge in [0, 0.05) is 20.5 Å². The van der Waals surface area contributed by atoms with Crippen molar-refractivity contribution in [3.63, 3.8) is 0 Å². The van der Waals surface area contributed by atoms with Crippen LogP contribution in [-0.4, -0.2) is 73.5 Å². The Balaban J connectivity index is 3.93. The second kappa shape index (κ2) is 21.4. The van der Waals surface area contributed by atoms with E-state index in [-0.39, 0.29) is 24.9 Å². The fourth-order valence-corrected chi connectivity index (χ4v) is 3.64. The Labute approximate surface area is 205 Å². The number of nitrogens with one attached hydrogen (secondary N) is 3. The van der Waals surface area contributed by atoms with Crippen molar-refractivity contribution in [1.82, 2.24) is 20.9 Å². The highest BCUT2D eigenvalue weighted by Gasteiger charge is 2.26. The summed E-state index contributed by atoms with van der Waals surface area (Å²) in [6.07, 6.45) is 16.2. The lowest BCUT2D eigenvalue weighted by atomic mass is 10.0. The molecule has 1 atom stereocenters. The molecule has 0 aromatic carbocycles. The molecule has 9 nitrogen and oxygen atoms in total. The zero-order chi connectivity index (χ0) is 25.6. The topological polar surface area (TPSA) is 128 Å². The van der Waals surface area contributed by atoms with Gasteiger partial charge >= 0.3 is 0 Å². The van der Waals surface area contributed by atoms with Crippen LogP contribution < -0.4 is 16.0 Å². The van der Waals surface area contributed by atoms with Gasteiger partial charge < -0.3 is 26.0 Å². The summed E-state index contributed by atoms with van der Waals surface area (Å²) >= 11 is 0. The molecule has 0 spiro atoms. The number of carbonyl (C=O) groups is 4. The molecule has 0 aliphatic heterocycles. The van der Waals surface area contributed by atoms with E-state index in [1.54, 1.807) is 0 Å². The Hall–Kier alpha value is -2.16. The first-order valence-corrected chi connectivity index (χ1v) is 13.0. The number of rotatable bonds is 21. The van der Waals surface area contributed by atoms with Crippen molar-refractivity contribution in [2.24, 2.45) is 0 Å². The molecule has 0 fully saturated rings.